The number of urea groups is 1. The van der Waals surface area contributed by atoms with Crippen LogP contribution in [0.25, 0.3) is 0 Å². The minimum Gasteiger partial charge on any atom is -0.338 e. The summed E-state index contributed by atoms with van der Waals surface area (Å²) in [4.78, 5) is 11.6. The third kappa shape index (κ3) is 6.24. The van der Waals surface area contributed by atoms with Crippen molar-refractivity contribution < 1.29 is 13.2 Å². The molecule has 0 aromatic rings. The summed E-state index contributed by atoms with van der Waals surface area (Å²) in [5.74, 6) is 0.351. The van der Waals surface area contributed by atoms with E-state index in [1.54, 1.807) is 0 Å². The number of carbonyl (C=O) groups excluding carboxylic acids is 1. The monoisotopic (exact) mass is 291 g/mol. The van der Waals surface area contributed by atoms with Gasteiger partial charge in [-0.05, 0) is 39.5 Å². The third-order valence-corrected chi connectivity index (χ3v) is 4.39. The predicted molar refractivity (Wildman–Crippen MR) is 75.4 cm³/mol. The molecular formula is C12H25N3O3S. The van der Waals surface area contributed by atoms with E-state index in [4.69, 9.17) is 0 Å². The van der Waals surface area contributed by atoms with E-state index in [0.717, 1.165) is 12.8 Å². The number of amides is 2. The molecule has 6 nitrogen and oxygen atoms in total. The van der Waals surface area contributed by atoms with E-state index in [9.17, 15) is 13.2 Å². The van der Waals surface area contributed by atoms with Crippen LogP contribution in [0.1, 0.15) is 33.6 Å². The minimum absolute atomic E-state index is 0.168. The number of piperidine rings is 1. The largest absolute Gasteiger partial charge is 0.338 e. The van der Waals surface area contributed by atoms with Crippen molar-refractivity contribution in [3.63, 3.8) is 0 Å². The second-order valence-electron chi connectivity index (χ2n) is 6.19. The first-order valence-electron chi connectivity index (χ1n) is 6.59. The average molecular weight is 291 g/mol. The Balaban J connectivity index is 2.29. The van der Waals surface area contributed by atoms with Crippen LogP contribution in [0.15, 0.2) is 0 Å². The van der Waals surface area contributed by atoms with Gasteiger partial charge >= 0.3 is 6.03 Å². The molecule has 2 N–H and O–H groups in total. The van der Waals surface area contributed by atoms with Gasteiger partial charge in [-0.3, -0.25) is 0 Å². The molecule has 1 rings (SSSR count). The van der Waals surface area contributed by atoms with E-state index in [1.807, 2.05) is 20.8 Å². The molecule has 0 spiro atoms. The van der Waals surface area contributed by atoms with Gasteiger partial charge in [0.2, 0.25) is 10.0 Å². The van der Waals surface area contributed by atoms with Crippen LogP contribution >= 0.6 is 0 Å². The Morgan fingerprint density at radius 1 is 1.26 bits per heavy atom. The summed E-state index contributed by atoms with van der Waals surface area (Å²) in [6.07, 6.45) is 2.83. The molecule has 1 saturated heterocycles. The van der Waals surface area contributed by atoms with Crippen molar-refractivity contribution in [1.82, 2.24) is 14.9 Å². The van der Waals surface area contributed by atoms with Gasteiger partial charge in [-0.25, -0.2) is 17.5 Å². The van der Waals surface area contributed by atoms with Gasteiger partial charge in [0.25, 0.3) is 0 Å². The van der Waals surface area contributed by atoms with E-state index in [1.165, 1.54) is 10.6 Å². The van der Waals surface area contributed by atoms with Crippen LogP contribution < -0.4 is 10.6 Å². The molecule has 1 aliphatic heterocycles. The molecule has 2 amide bonds. The van der Waals surface area contributed by atoms with Crippen molar-refractivity contribution >= 4 is 16.1 Å². The van der Waals surface area contributed by atoms with Gasteiger partial charge in [-0.15, -0.1) is 0 Å². The summed E-state index contributed by atoms with van der Waals surface area (Å²) in [5, 5.41) is 5.68. The number of nitrogens with zero attached hydrogens (tertiary/aromatic N) is 1. The molecule has 0 aromatic heterocycles. The van der Waals surface area contributed by atoms with Crippen LogP contribution in [-0.4, -0.2) is 50.2 Å². The highest BCUT2D eigenvalue weighted by atomic mass is 32.2. The number of rotatable bonds is 3. The van der Waals surface area contributed by atoms with E-state index < -0.39 is 10.0 Å². The summed E-state index contributed by atoms with van der Waals surface area (Å²) in [6.45, 7) is 7.48. The van der Waals surface area contributed by atoms with Crippen molar-refractivity contribution in [3.05, 3.63) is 0 Å². The van der Waals surface area contributed by atoms with Gasteiger partial charge in [-0.2, -0.15) is 0 Å². The number of hydrogen-bond acceptors (Lipinski definition) is 3. The lowest BCUT2D eigenvalue weighted by Gasteiger charge is -2.30. The van der Waals surface area contributed by atoms with Crippen molar-refractivity contribution in [2.24, 2.45) is 5.92 Å². The number of hydrogen-bond donors (Lipinski definition) is 2. The number of sulfonamides is 1. The molecule has 0 atom stereocenters. The average Bonchev–Trinajstić information content (AvgIpc) is 2.23. The Hall–Kier alpha value is -0.820. The summed E-state index contributed by atoms with van der Waals surface area (Å²) in [6, 6.07) is -0.168. The fourth-order valence-corrected chi connectivity index (χ4v) is 2.94. The van der Waals surface area contributed by atoms with E-state index in [2.05, 4.69) is 10.6 Å². The minimum atomic E-state index is -3.07. The topological polar surface area (TPSA) is 78.5 Å². The SMILES string of the molecule is CC(C)(C)NC(=O)NCC1CCN(S(C)(=O)=O)CC1. The van der Waals surface area contributed by atoms with Gasteiger partial charge < -0.3 is 10.6 Å². The lowest BCUT2D eigenvalue weighted by Crippen LogP contribution is -2.48. The molecule has 0 bridgehead atoms. The maximum Gasteiger partial charge on any atom is 0.315 e. The molecule has 0 saturated carbocycles. The first-order valence-corrected chi connectivity index (χ1v) is 8.44. The zero-order valence-electron chi connectivity index (χ0n) is 12.2. The van der Waals surface area contributed by atoms with Gasteiger partial charge in [0.05, 0.1) is 6.26 Å². The zero-order valence-corrected chi connectivity index (χ0v) is 13.0. The van der Waals surface area contributed by atoms with Crippen molar-refractivity contribution in [1.29, 1.82) is 0 Å². The molecule has 1 fully saturated rings. The summed E-state index contributed by atoms with van der Waals surface area (Å²) >= 11 is 0. The van der Waals surface area contributed by atoms with Crippen molar-refractivity contribution in [2.45, 2.75) is 39.2 Å². The molecule has 7 heteroatoms. The highest BCUT2D eigenvalue weighted by Gasteiger charge is 2.25. The molecule has 112 valence electrons. The van der Waals surface area contributed by atoms with Crippen LogP contribution in [0.2, 0.25) is 0 Å². The molecular weight excluding hydrogens is 266 g/mol. The number of carbonyl (C=O) groups is 1. The Morgan fingerprint density at radius 3 is 2.21 bits per heavy atom. The quantitative estimate of drug-likeness (QED) is 0.805. The highest BCUT2D eigenvalue weighted by Crippen LogP contribution is 2.18. The normalized spacial score (nSPS) is 19.2. The van der Waals surface area contributed by atoms with Gasteiger partial charge in [0, 0.05) is 25.2 Å². The van der Waals surface area contributed by atoms with Crippen LogP contribution in [0.5, 0.6) is 0 Å². The lowest BCUT2D eigenvalue weighted by atomic mass is 9.98. The Kier molecular flexibility index (Phi) is 5.20. The number of nitrogens with one attached hydrogen (secondary N) is 2. The Bertz CT molecular complexity index is 406. The zero-order chi connectivity index (χ0) is 14.7. The molecule has 1 aliphatic rings. The highest BCUT2D eigenvalue weighted by molar-refractivity contribution is 7.88. The molecule has 0 unspecified atom stereocenters. The maximum atomic E-state index is 11.6. The lowest BCUT2D eigenvalue weighted by molar-refractivity contribution is 0.223. The maximum absolute atomic E-state index is 11.6. The summed E-state index contributed by atoms with van der Waals surface area (Å²) < 4.78 is 24.2. The van der Waals surface area contributed by atoms with E-state index in [-0.39, 0.29) is 11.6 Å². The third-order valence-electron chi connectivity index (χ3n) is 3.08. The second-order valence-corrected chi connectivity index (χ2v) is 8.17. The summed E-state index contributed by atoms with van der Waals surface area (Å²) in [7, 11) is -3.07. The summed E-state index contributed by atoms with van der Waals surface area (Å²) in [5.41, 5.74) is -0.246. The molecule has 1 heterocycles. The van der Waals surface area contributed by atoms with E-state index >= 15 is 0 Å². The van der Waals surface area contributed by atoms with Crippen molar-refractivity contribution in [3.8, 4) is 0 Å². The van der Waals surface area contributed by atoms with Crippen LogP contribution in [0.4, 0.5) is 4.79 Å². The smallest absolute Gasteiger partial charge is 0.315 e. The van der Waals surface area contributed by atoms with Crippen LogP contribution in [0.3, 0.4) is 0 Å². The molecule has 0 aliphatic carbocycles. The fraction of sp³-hybridized carbons (Fsp3) is 0.917. The Labute approximate surface area is 116 Å². The fourth-order valence-electron chi connectivity index (χ4n) is 2.07. The molecule has 0 aromatic carbocycles. The molecule has 19 heavy (non-hydrogen) atoms. The standard InChI is InChI=1S/C12H25N3O3S/c1-12(2,3)14-11(16)13-9-10-5-7-15(8-6-10)19(4,17)18/h10H,5-9H2,1-4H3,(H2,13,14,16). The van der Waals surface area contributed by atoms with E-state index in [0.29, 0.717) is 25.6 Å². The first-order chi connectivity index (χ1) is 8.58. The van der Waals surface area contributed by atoms with Crippen LogP contribution in [0, 0.1) is 5.92 Å². The Morgan fingerprint density at radius 2 is 1.79 bits per heavy atom. The predicted octanol–water partition coefficient (Wildman–Crippen LogP) is 0.756. The first kappa shape index (κ1) is 16.2. The van der Waals surface area contributed by atoms with Crippen molar-refractivity contribution in [2.75, 3.05) is 25.9 Å². The van der Waals surface area contributed by atoms with Gasteiger partial charge in [0.15, 0.2) is 0 Å². The second kappa shape index (κ2) is 6.09. The van der Waals surface area contributed by atoms with Gasteiger partial charge in [-0.1, -0.05) is 0 Å². The van der Waals surface area contributed by atoms with Crippen LogP contribution in [-0.2, 0) is 10.0 Å². The van der Waals surface area contributed by atoms with Gasteiger partial charge in [0.1, 0.15) is 0 Å². The molecule has 0 radical (unpaired) electrons.